The molecule has 1 atom stereocenters. The molecule has 4 rings (SSSR count). The summed E-state index contributed by atoms with van der Waals surface area (Å²) in [6.45, 7) is 0.769. The van der Waals surface area contributed by atoms with Gasteiger partial charge in [0.05, 0.1) is 5.54 Å². The molecular formula is C17H14FNO. The van der Waals surface area contributed by atoms with E-state index in [1.165, 1.54) is 12.1 Å². The minimum atomic E-state index is -0.388. The van der Waals surface area contributed by atoms with Crippen LogP contribution in [0, 0.1) is 5.82 Å². The molecular weight excluding hydrogens is 253 g/mol. The number of rotatable bonds is 1. The van der Waals surface area contributed by atoms with Crippen LogP contribution in [0.5, 0.6) is 0 Å². The molecule has 2 aromatic carbocycles. The van der Waals surface area contributed by atoms with Crippen molar-refractivity contribution in [3.8, 4) is 0 Å². The van der Waals surface area contributed by atoms with Crippen molar-refractivity contribution in [1.29, 1.82) is 0 Å². The molecule has 2 aliphatic heterocycles. The predicted molar refractivity (Wildman–Crippen MR) is 73.9 cm³/mol. The molecule has 2 heterocycles. The van der Waals surface area contributed by atoms with Crippen LogP contribution in [0.4, 0.5) is 4.39 Å². The highest BCUT2D eigenvalue weighted by Gasteiger charge is 2.53. The van der Waals surface area contributed by atoms with Gasteiger partial charge >= 0.3 is 0 Å². The van der Waals surface area contributed by atoms with Crippen molar-refractivity contribution >= 4 is 5.91 Å². The van der Waals surface area contributed by atoms with E-state index in [1.54, 1.807) is 0 Å². The molecule has 1 saturated heterocycles. The lowest BCUT2D eigenvalue weighted by atomic mass is 9.81. The highest BCUT2D eigenvalue weighted by Crippen LogP contribution is 2.50. The molecule has 3 heteroatoms. The first-order chi connectivity index (χ1) is 9.73. The molecule has 1 fully saturated rings. The number of carbonyl (C=O) groups excluding carboxylic acids is 1. The van der Waals surface area contributed by atoms with Crippen LogP contribution in [-0.4, -0.2) is 17.4 Å². The molecule has 20 heavy (non-hydrogen) atoms. The molecule has 1 unspecified atom stereocenters. The Kier molecular flexibility index (Phi) is 2.28. The minimum absolute atomic E-state index is 0.0995. The maximum absolute atomic E-state index is 13.2. The SMILES string of the molecule is O=C1c2ccccc2C2(c3ccc(F)cc3)CCCN12. The summed E-state index contributed by atoms with van der Waals surface area (Å²) in [5, 5.41) is 0. The molecule has 0 bridgehead atoms. The lowest BCUT2D eigenvalue weighted by Crippen LogP contribution is -2.39. The predicted octanol–water partition coefficient (Wildman–Crippen LogP) is 3.32. The largest absolute Gasteiger partial charge is 0.325 e. The normalized spacial score (nSPS) is 23.9. The molecule has 100 valence electrons. The summed E-state index contributed by atoms with van der Waals surface area (Å²) in [5.74, 6) is -0.144. The van der Waals surface area contributed by atoms with Gasteiger partial charge in [-0.1, -0.05) is 30.3 Å². The number of hydrogen-bond acceptors (Lipinski definition) is 1. The first kappa shape index (κ1) is 11.6. The third-order valence-corrected chi connectivity index (χ3v) is 4.55. The molecule has 0 aromatic heterocycles. The number of amides is 1. The van der Waals surface area contributed by atoms with Crippen LogP contribution in [0.3, 0.4) is 0 Å². The molecule has 2 aromatic rings. The molecule has 0 saturated carbocycles. The van der Waals surface area contributed by atoms with Gasteiger partial charge in [-0.15, -0.1) is 0 Å². The standard InChI is InChI=1S/C17H14FNO/c18-13-8-6-12(7-9-13)17-10-3-11-19(17)16(20)14-4-1-2-5-15(14)17/h1-2,4-9H,3,10-11H2. The Labute approximate surface area is 116 Å². The Morgan fingerprint density at radius 3 is 2.60 bits per heavy atom. The minimum Gasteiger partial charge on any atom is -0.325 e. The van der Waals surface area contributed by atoms with Crippen molar-refractivity contribution in [2.75, 3.05) is 6.54 Å². The Morgan fingerprint density at radius 1 is 1.05 bits per heavy atom. The van der Waals surface area contributed by atoms with Crippen molar-refractivity contribution < 1.29 is 9.18 Å². The zero-order chi connectivity index (χ0) is 13.7. The van der Waals surface area contributed by atoms with E-state index >= 15 is 0 Å². The Hall–Kier alpha value is -2.16. The first-order valence-electron chi connectivity index (χ1n) is 6.91. The van der Waals surface area contributed by atoms with E-state index in [2.05, 4.69) is 0 Å². The number of halogens is 1. The molecule has 0 aliphatic carbocycles. The van der Waals surface area contributed by atoms with E-state index in [1.807, 2.05) is 41.3 Å². The van der Waals surface area contributed by atoms with Crippen molar-refractivity contribution in [3.63, 3.8) is 0 Å². The van der Waals surface area contributed by atoms with Gasteiger partial charge in [-0.25, -0.2) is 4.39 Å². The van der Waals surface area contributed by atoms with Gasteiger partial charge in [-0.2, -0.15) is 0 Å². The number of hydrogen-bond donors (Lipinski definition) is 0. The summed E-state index contributed by atoms with van der Waals surface area (Å²) in [6.07, 6.45) is 1.89. The maximum Gasteiger partial charge on any atom is 0.255 e. The summed E-state index contributed by atoms with van der Waals surface area (Å²) in [4.78, 5) is 14.5. The first-order valence-corrected chi connectivity index (χ1v) is 6.91. The third-order valence-electron chi connectivity index (χ3n) is 4.55. The second kappa shape index (κ2) is 3.92. The Balaban J connectivity index is 1.99. The maximum atomic E-state index is 13.2. The molecule has 1 amide bonds. The highest BCUT2D eigenvalue weighted by molar-refractivity contribution is 6.01. The van der Waals surface area contributed by atoms with Gasteiger partial charge in [0.1, 0.15) is 5.82 Å². The number of nitrogens with zero attached hydrogens (tertiary/aromatic N) is 1. The fourth-order valence-corrected chi connectivity index (χ4v) is 3.73. The van der Waals surface area contributed by atoms with Crippen LogP contribution < -0.4 is 0 Å². The van der Waals surface area contributed by atoms with Gasteiger partial charge in [-0.3, -0.25) is 4.79 Å². The molecule has 2 aliphatic rings. The highest BCUT2D eigenvalue weighted by atomic mass is 19.1. The van der Waals surface area contributed by atoms with E-state index in [4.69, 9.17) is 0 Å². The zero-order valence-electron chi connectivity index (χ0n) is 11.0. The molecule has 0 radical (unpaired) electrons. The van der Waals surface area contributed by atoms with Gasteiger partial charge < -0.3 is 4.90 Å². The van der Waals surface area contributed by atoms with E-state index in [0.29, 0.717) is 0 Å². The number of carbonyl (C=O) groups is 1. The molecule has 0 spiro atoms. The quantitative estimate of drug-likeness (QED) is 0.776. The average molecular weight is 267 g/mol. The molecule has 0 N–H and O–H groups in total. The fraction of sp³-hybridized carbons (Fsp3) is 0.235. The van der Waals surface area contributed by atoms with E-state index in [0.717, 1.165) is 36.1 Å². The Bertz CT molecular complexity index is 694. The summed E-state index contributed by atoms with van der Waals surface area (Å²) >= 11 is 0. The zero-order valence-corrected chi connectivity index (χ0v) is 11.0. The van der Waals surface area contributed by atoms with Gasteiger partial charge in [0.25, 0.3) is 5.91 Å². The fourth-order valence-electron chi connectivity index (χ4n) is 3.73. The van der Waals surface area contributed by atoms with Crippen LogP contribution in [0.2, 0.25) is 0 Å². The van der Waals surface area contributed by atoms with E-state index in [9.17, 15) is 9.18 Å². The molecule has 2 nitrogen and oxygen atoms in total. The van der Waals surface area contributed by atoms with E-state index < -0.39 is 0 Å². The van der Waals surface area contributed by atoms with Gasteiger partial charge in [0.15, 0.2) is 0 Å². The van der Waals surface area contributed by atoms with Gasteiger partial charge in [0.2, 0.25) is 0 Å². The van der Waals surface area contributed by atoms with Crippen LogP contribution in [0.15, 0.2) is 48.5 Å². The topological polar surface area (TPSA) is 20.3 Å². The summed E-state index contributed by atoms with van der Waals surface area (Å²) in [7, 11) is 0. The lowest BCUT2D eigenvalue weighted by molar-refractivity contribution is 0.0711. The van der Waals surface area contributed by atoms with E-state index in [-0.39, 0.29) is 17.3 Å². The summed E-state index contributed by atoms with van der Waals surface area (Å²) in [5.41, 5.74) is 2.47. The summed E-state index contributed by atoms with van der Waals surface area (Å²) < 4.78 is 13.2. The van der Waals surface area contributed by atoms with Gasteiger partial charge in [0, 0.05) is 12.1 Å². The van der Waals surface area contributed by atoms with Crippen molar-refractivity contribution in [3.05, 3.63) is 71.0 Å². The summed E-state index contributed by atoms with van der Waals surface area (Å²) in [6, 6.07) is 14.4. The average Bonchev–Trinajstić information content (AvgIpc) is 3.01. The van der Waals surface area contributed by atoms with Crippen molar-refractivity contribution in [2.24, 2.45) is 0 Å². The monoisotopic (exact) mass is 267 g/mol. The smallest absolute Gasteiger partial charge is 0.255 e. The van der Waals surface area contributed by atoms with Crippen LogP contribution in [0.25, 0.3) is 0 Å². The number of fused-ring (bicyclic) bond motifs is 3. The van der Waals surface area contributed by atoms with Crippen molar-refractivity contribution in [1.82, 2.24) is 4.90 Å². The van der Waals surface area contributed by atoms with Crippen LogP contribution in [0.1, 0.15) is 34.3 Å². The Morgan fingerprint density at radius 2 is 1.80 bits per heavy atom. The van der Waals surface area contributed by atoms with Gasteiger partial charge in [-0.05, 0) is 42.2 Å². The van der Waals surface area contributed by atoms with Crippen molar-refractivity contribution in [2.45, 2.75) is 18.4 Å². The van der Waals surface area contributed by atoms with Crippen LogP contribution >= 0.6 is 0 Å². The third kappa shape index (κ3) is 1.30. The second-order valence-corrected chi connectivity index (χ2v) is 5.47. The lowest BCUT2D eigenvalue weighted by Gasteiger charge is -2.33. The number of benzene rings is 2. The second-order valence-electron chi connectivity index (χ2n) is 5.47. The van der Waals surface area contributed by atoms with Crippen LogP contribution in [-0.2, 0) is 5.54 Å².